The second kappa shape index (κ2) is 5.44. The molecule has 0 aromatic heterocycles. The first-order valence-corrected chi connectivity index (χ1v) is 5.67. The monoisotopic (exact) mass is 258 g/mol. The van der Waals surface area contributed by atoms with Gasteiger partial charge in [0, 0.05) is 6.92 Å². The fourth-order valence-corrected chi connectivity index (χ4v) is 1.69. The summed E-state index contributed by atoms with van der Waals surface area (Å²) in [6, 6.07) is 5.32. The van der Waals surface area contributed by atoms with E-state index in [0.29, 0.717) is 6.61 Å². The molecule has 1 aliphatic rings. The Hall–Kier alpha value is -2.49. The standard InChI is InChI=1S/C13H14N4O2/c1-8(2)7-18-13(3)11(9(4-14)5-15)10(6-16)12(17)19-13/h8H,7,17H2,1-3H3/t13-/m0/s1. The molecule has 2 N–H and O–H groups in total. The number of allylic oxidation sites excluding steroid dienone is 1. The van der Waals surface area contributed by atoms with Crippen molar-refractivity contribution in [2.45, 2.75) is 26.6 Å². The molecule has 0 aromatic rings. The van der Waals surface area contributed by atoms with Gasteiger partial charge in [-0.3, -0.25) is 0 Å². The molecule has 1 aliphatic heterocycles. The van der Waals surface area contributed by atoms with Gasteiger partial charge in [0.15, 0.2) is 0 Å². The van der Waals surface area contributed by atoms with Gasteiger partial charge in [-0.25, -0.2) is 0 Å². The number of rotatable bonds is 3. The van der Waals surface area contributed by atoms with Gasteiger partial charge in [0.05, 0.1) is 12.2 Å². The third-order valence-electron chi connectivity index (χ3n) is 2.53. The lowest BCUT2D eigenvalue weighted by atomic mass is 9.96. The lowest BCUT2D eigenvalue weighted by Gasteiger charge is -2.27. The van der Waals surface area contributed by atoms with Crippen LogP contribution >= 0.6 is 0 Å². The summed E-state index contributed by atoms with van der Waals surface area (Å²) in [5.74, 6) is -1.28. The first-order chi connectivity index (χ1) is 8.89. The van der Waals surface area contributed by atoms with Crippen molar-refractivity contribution in [3.05, 3.63) is 22.6 Å². The van der Waals surface area contributed by atoms with Crippen molar-refractivity contribution in [3.8, 4) is 18.2 Å². The maximum absolute atomic E-state index is 9.08. The summed E-state index contributed by atoms with van der Waals surface area (Å²) in [5.41, 5.74) is 5.45. The molecule has 0 amide bonds. The van der Waals surface area contributed by atoms with Gasteiger partial charge in [0.2, 0.25) is 11.7 Å². The van der Waals surface area contributed by atoms with Gasteiger partial charge in [-0.1, -0.05) is 13.8 Å². The van der Waals surface area contributed by atoms with E-state index >= 15 is 0 Å². The summed E-state index contributed by atoms with van der Waals surface area (Å²) in [6.07, 6.45) is 0. The predicted octanol–water partition coefficient (Wildman–Crippen LogP) is 1.44. The molecule has 0 spiro atoms. The Bertz CT molecular complexity index is 553. The second-order valence-electron chi connectivity index (χ2n) is 4.58. The van der Waals surface area contributed by atoms with Crippen LogP contribution in [-0.4, -0.2) is 12.4 Å². The zero-order valence-electron chi connectivity index (χ0n) is 11.0. The molecule has 0 saturated heterocycles. The van der Waals surface area contributed by atoms with Crippen LogP contribution in [0.15, 0.2) is 22.6 Å². The van der Waals surface area contributed by atoms with Gasteiger partial charge in [0.1, 0.15) is 29.4 Å². The molecule has 0 radical (unpaired) electrons. The fraction of sp³-hybridized carbons (Fsp3) is 0.462. The minimum atomic E-state index is -1.37. The highest BCUT2D eigenvalue weighted by atomic mass is 16.7. The Morgan fingerprint density at radius 3 is 2.37 bits per heavy atom. The third-order valence-corrected chi connectivity index (χ3v) is 2.53. The van der Waals surface area contributed by atoms with E-state index in [1.54, 1.807) is 12.1 Å². The van der Waals surface area contributed by atoms with Crippen molar-refractivity contribution in [1.82, 2.24) is 0 Å². The van der Waals surface area contributed by atoms with Gasteiger partial charge < -0.3 is 15.2 Å². The minimum absolute atomic E-state index is 0.0237. The molecular formula is C13H14N4O2. The average molecular weight is 258 g/mol. The topological polar surface area (TPSA) is 116 Å². The summed E-state index contributed by atoms with van der Waals surface area (Å²) in [6.45, 7) is 5.77. The van der Waals surface area contributed by atoms with Crippen molar-refractivity contribution in [1.29, 1.82) is 15.8 Å². The number of ether oxygens (including phenoxy) is 2. The Labute approximate surface area is 111 Å². The highest BCUT2D eigenvalue weighted by Gasteiger charge is 2.45. The number of nitrogens with two attached hydrogens (primary N) is 1. The molecule has 1 atom stereocenters. The van der Waals surface area contributed by atoms with E-state index in [1.165, 1.54) is 6.92 Å². The number of nitrogens with zero attached hydrogens (tertiary/aromatic N) is 3. The molecule has 0 unspecified atom stereocenters. The number of hydrogen-bond donors (Lipinski definition) is 1. The van der Waals surface area contributed by atoms with Crippen molar-refractivity contribution < 1.29 is 9.47 Å². The van der Waals surface area contributed by atoms with Crippen molar-refractivity contribution >= 4 is 0 Å². The van der Waals surface area contributed by atoms with Crippen LogP contribution in [0, 0.1) is 39.9 Å². The van der Waals surface area contributed by atoms with Crippen LogP contribution in [0.3, 0.4) is 0 Å². The quantitative estimate of drug-likeness (QED) is 0.765. The molecule has 0 aromatic carbocycles. The Balaban J connectivity index is 3.32. The van der Waals surface area contributed by atoms with Gasteiger partial charge in [-0.15, -0.1) is 0 Å². The highest BCUT2D eigenvalue weighted by molar-refractivity contribution is 5.59. The molecule has 0 bridgehead atoms. The third kappa shape index (κ3) is 2.68. The molecule has 98 valence electrons. The van der Waals surface area contributed by atoms with E-state index in [4.69, 9.17) is 31.0 Å². The van der Waals surface area contributed by atoms with E-state index < -0.39 is 5.79 Å². The second-order valence-corrected chi connectivity index (χ2v) is 4.58. The van der Waals surface area contributed by atoms with Gasteiger partial charge in [0.25, 0.3) is 0 Å². The first-order valence-electron chi connectivity index (χ1n) is 5.67. The maximum Gasteiger partial charge on any atom is 0.239 e. The molecule has 1 heterocycles. The van der Waals surface area contributed by atoms with E-state index in [0.717, 1.165) is 0 Å². The van der Waals surface area contributed by atoms with Crippen molar-refractivity contribution in [2.24, 2.45) is 11.7 Å². The molecule has 1 rings (SSSR count). The van der Waals surface area contributed by atoms with E-state index in [2.05, 4.69) is 0 Å². The van der Waals surface area contributed by atoms with Crippen LogP contribution < -0.4 is 5.73 Å². The molecule has 6 heteroatoms. The summed E-state index contributed by atoms with van der Waals surface area (Å²) >= 11 is 0. The number of nitriles is 3. The zero-order valence-corrected chi connectivity index (χ0v) is 11.0. The van der Waals surface area contributed by atoms with Crippen molar-refractivity contribution in [2.75, 3.05) is 6.61 Å². The van der Waals surface area contributed by atoms with Gasteiger partial charge in [-0.05, 0) is 5.92 Å². The predicted molar refractivity (Wildman–Crippen MR) is 65.4 cm³/mol. The van der Waals surface area contributed by atoms with Crippen LogP contribution in [0.1, 0.15) is 20.8 Å². The summed E-state index contributed by atoms with van der Waals surface area (Å²) in [7, 11) is 0. The largest absolute Gasteiger partial charge is 0.442 e. The normalized spacial score (nSPS) is 21.6. The maximum atomic E-state index is 9.08. The smallest absolute Gasteiger partial charge is 0.239 e. The summed E-state index contributed by atoms with van der Waals surface area (Å²) in [4.78, 5) is 0. The Kier molecular flexibility index (Phi) is 4.17. The summed E-state index contributed by atoms with van der Waals surface area (Å²) < 4.78 is 10.9. The van der Waals surface area contributed by atoms with Gasteiger partial charge >= 0.3 is 0 Å². The van der Waals surface area contributed by atoms with Crippen LogP contribution in [-0.2, 0) is 9.47 Å². The van der Waals surface area contributed by atoms with Crippen molar-refractivity contribution in [3.63, 3.8) is 0 Å². The molecule has 0 saturated carbocycles. The summed E-state index contributed by atoms with van der Waals surface area (Å²) in [5, 5.41) is 27.0. The van der Waals surface area contributed by atoms with Crippen LogP contribution in [0.4, 0.5) is 0 Å². The minimum Gasteiger partial charge on any atom is -0.442 e. The first kappa shape index (κ1) is 14.6. The van der Waals surface area contributed by atoms with Crippen LogP contribution in [0.5, 0.6) is 0 Å². The Morgan fingerprint density at radius 1 is 1.37 bits per heavy atom. The van der Waals surface area contributed by atoms with Crippen LogP contribution in [0.2, 0.25) is 0 Å². The fourth-order valence-electron chi connectivity index (χ4n) is 1.69. The molecule has 6 nitrogen and oxygen atoms in total. The van der Waals surface area contributed by atoms with E-state index in [9.17, 15) is 0 Å². The zero-order chi connectivity index (χ0) is 14.6. The average Bonchev–Trinajstić information content (AvgIpc) is 2.61. The lowest BCUT2D eigenvalue weighted by molar-refractivity contribution is -0.171. The van der Waals surface area contributed by atoms with E-state index in [1.807, 2.05) is 19.9 Å². The molecule has 0 aliphatic carbocycles. The molecule has 0 fully saturated rings. The van der Waals surface area contributed by atoms with Crippen LogP contribution in [0.25, 0.3) is 0 Å². The van der Waals surface area contributed by atoms with E-state index in [-0.39, 0.29) is 28.5 Å². The number of hydrogen-bond acceptors (Lipinski definition) is 6. The Morgan fingerprint density at radius 2 is 1.95 bits per heavy atom. The van der Waals surface area contributed by atoms with Gasteiger partial charge in [-0.2, -0.15) is 15.8 Å². The highest BCUT2D eigenvalue weighted by Crippen LogP contribution is 2.39. The molecular weight excluding hydrogens is 244 g/mol. The molecule has 19 heavy (non-hydrogen) atoms. The lowest BCUT2D eigenvalue weighted by Crippen LogP contribution is -2.33. The SMILES string of the molecule is CC(C)CO[C@@]1(C)OC(N)=C(C#N)C1=C(C#N)C#N.